The third-order valence-corrected chi connectivity index (χ3v) is 7.74. The summed E-state index contributed by atoms with van der Waals surface area (Å²) in [6.07, 6.45) is 2.01. The number of thioether (sulfide) groups is 1. The van der Waals surface area contributed by atoms with Crippen LogP contribution in [0, 0.1) is 13.8 Å². The fourth-order valence-electron chi connectivity index (χ4n) is 2.57. The smallest absolute Gasteiger partial charge is 0.230 e. The molecule has 1 aliphatic heterocycles. The standard InChI is InChI=1S/C14H17N3O3S3/c1-8-9(2)22-14-12(8)13(15-7-16-14)21-5-11(18)17-10-3-4-23(19,20)6-10/h7,10H,3-6H2,1-2H3,(H,17,18)/t10-/m0/s1. The number of nitrogens with zero attached hydrogens (tertiary/aromatic N) is 2. The molecule has 1 amide bonds. The van der Waals surface area contributed by atoms with Crippen LogP contribution in [0.4, 0.5) is 0 Å². The van der Waals surface area contributed by atoms with E-state index in [0.29, 0.717) is 6.42 Å². The summed E-state index contributed by atoms with van der Waals surface area (Å²) in [5.74, 6) is 0.264. The van der Waals surface area contributed by atoms with Gasteiger partial charge in [0.2, 0.25) is 5.91 Å². The van der Waals surface area contributed by atoms with E-state index in [1.54, 1.807) is 11.3 Å². The number of carbonyl (C=O) groups excluding carboxylic acids is 1. The summed E-state index contributed by atoms with van der Waals surface area (Å²) < 4.78 is 22.8. The van der Waals surface area contributed by atoms with Crippen LogP contribution in [0.25, 0.3) is 10.2 Å². The number of thiophene rings is 1. The zero-order valence-corrected chi connectivity index (χ0v) is 15.3. The zero-order valence-electron chi connectivity index (χ0n) is 12.8. The summed E-state index contributed by atoms with van der Waals surface area (Å²) in [6.45, 7) is 4.08. The molecule has 2 aromatic rings. The number of carbonyl (C=O) groups is 1. The van der Waals surface area contributed by atoms with Crippen molar-refractivity contribution in [3.63, 3.8) is 0 Å². The normalized spacial score (nSPS) is 20.0. The van der Waals surface area contributed by atoms with Crippen molar-refractivity contribution in [1.29, 1.82) is 0 Å². The van der Waals surface area contributed by atoms with Gasteiger partial charge in [-0.05, 0) is 25.8 Å². The predicted octanol–water partition coefficient (Wildman–Crippen LogP) is 1.70. The van der Waals surface area contributed by atoms with E-state index in [1.165, 1.54) is 23.0 Å². The van der Waals surface area contributed by atoms with Gasteiger partial charge in [-0.3, -0.25) is 4.79 Å². The van der Waals surface area contributed by atoms with Crippen LogP contribution in [0.1, 0.15) is 16.9 Å². The minimum absolute atomic E-state index is 0.0456. The number of amides is 1. The lowest BCUT2D eigenvalue weighted by Crippen LogP contribution is -2.36. The van der Waals surface area contributed by atoms with Gasteiger partial charge in [-0.15, -0.1) is 11.3 Å². The Morgan fingerprint density at radius 2 is 2.22 bits per heavy atom. The van der Waals surface area contributed by atoms with E-state index in [2.05, 4.69) is 15.3 Å². The van der Waals surface area contributed by atoms with E-state index >= 15 is 0 Å². The summed E-state index contributed by atoms with van der Waals surface area (Å²) in [7, 11) is -2.98. The molecule has 3 rings (SSSR count). The summed E-state index contributed by atoms with van der Waals surface area (Å²) in [5, 5.41) is 4.60. The first-order valence-electron chi connectivity index (χ1n) is 7.19. The van der Waals surface area contributed by atoms with Gasteiger partial charge in [-0.2, -0.15) is 0 Å². The number of aromatic nitrogens is 2. The topological polar surface area (TPSA) is 89.0 Å². The minimum Gasteiger partial charge on any atom is -0.352 e. The van der Waals surface area contributed by atoms with E-state index in [9.17, 15) is 13.2 Å². The van der Waals surface area contributed by atoms with Crippen molar-refractivity contribution >= 4 is 49.1 Å². The van der Waals surface area contributed by atoms with Crippen LogP contribution in [0.15, 0.2) is 11.4 Å². The summed E-state index contributed by atoms with van der Waals surface area (Å²) in [5.41, 5.74) is 1.15. The van der Waals surface area contributed by atoms with Gasteiger partial charge in [0.25, 0.3) is 0 Å². The molecule has 0 unspecified atom stereocenters. The number of fused-ring (bicyclic) bond motifs is 1. The van der Waals surface area contributed by atoms with Gasteiger partial charge < -0.3 is 5.32 Å². The Morgan fingerprint density at radius 1 is 1.43 bits per heavy atom. The van der Waals surface area contributed by atoms with E-state index in [0.717, 1.165) is 20.8 Å². The van der Waals surface area contributed by atoms with E-state index < -0.39 is 9.84 Å². The molecule has 124 valence electrons. The second-order valence-electron chi connectivity index (χ2n) is 5.60. The van der Waals surface area contributed by atoms with Crippen LogP contribution in [-0.4, -0.2) is 47.6 Å². The van der Waals surface area contributed by atoms with Crippen LogP contribution in [0.2, 0.25) is 0 Å². The van der Waals surface area contributed by atoms with Crippen LogP contribution in [-0.2, 0) is 14.6 Å². The van der Waals surface area contributed by atoms with Crippen molar-refractivity contribution in [1.82, 2.24) is 15.3 Å². The Balaban J connectivity index is 1.66. The first kappa shape index (κ1) is 16.7. The Morgan fingerprint density at radius 3 is 2.91 bits per heavy atom. The Kier molecular flexibility index (Phi) is 4.61. The Hall–Kier alpha value is -1.19. The minimum atomic E-state index is -2.98. The van der Waals surface area contributed by atoms with Gasteiger partial charge >= 0.3 is 0 Å². The molecule has 1 atom stereocenters. The molecule has 1 N–H and O–H groups in total. The van der Waals surface area contributed by atoms with Gasteiger partial charge in [0.05, 0.1) is 17.3 Å². The average Bonchev–Trinajstić information content (AvgIpc) is 2.97. The van der Waals surface area contributed by atoms with E-state index in [4.69, 9.17) is 0 Å². The second-order valence-corrected chi connectivity index (χ2v) is 9.99. The molecule has 0 radical (unpaired) electrons. The van der Waals surface area contributed by atoms with Crippen molar-refractivity contribution < 1.29 is 13.2 Å². The highest BCUT2D eigenvalue weighted by Crippen LogP contribution is 2.34. The molecule has 23 heavy (non-hydrogen) atoms. The van der Waals surface area contributed by atoms with Gasteiger partial charge in [0.1, 0.15) is 16.2 Å². The van der Waals surface area contributed by atoms with Gasteiger partial charge in [-0.25, -0.2) is 18.4 Å². The molecule has 3 heterocycles. The Bertz CT molecular complexity index is 861. The Labute approximate surface area is 143 Å². The fraction of sp³-hybridized carbons (Fsp3) is 0.500. The molecule has 1 saturated heterocycles. The van der Waals surface area contributed by atoms with Crippen molar-refractivity contribution in [2.24, 2.45) is 0 Å². The molecule has 1 aliphatic rings. The summed E-state index contributed by atoms with van der Waals surface area (Å²) in [4.78, 5) is 22.7. The van der Waals surface area contributed by atoms with Gasteiger partial charge in [0, 0.05) is 16.3 Å². The quantitative estimate of drug-likeness (QED) is 0.650. The molecule has 0 saturated carbocycles. The van der Waals surface area contributed by atoms with E-state index in [-0.39, 0.29) is 29.2 Å². The first-order valence-corrected chi connectivity index (χ1v) is 10.8. The lowest BCUT2D eigenvalue weighted by Gasteiger charge is -2.10. The third kappa shape index (κ3) is 3.67. The maximum absolute atomic E-state index is 12.0. The molecule has 0 bridgehead atoms. The first-order chi connectivity index (χ1) is 10.9. The summed E-state index contributed by atoms with van der Waals surface area (Å²) in [6, 6.07) is -0.261. The lowest BCUT2D eigenvalue weighted by molar-refractivity contribution is -0.119. The number of aryl methyl sites for hydroxylation is 2. The molecule has 9 heteroatoms. The van der Waals surface area contributed by atoms with Crippen molar-refractivity contribution in [3.05, 3.63) is 16.8 Å². The highest BCUT2D eigenvalue weighted by atomic mass is 32.2. The SMILES string of the molecule is Cc1sc2ncnc(SCC(=O)N[C@H]3CCS(=O)(=O)C3)c2c1C. The molecular formula is C14H17N3O3S3. The van der Waals surface area contributed by atoms with Gasteiger partial charge in [0.15, 0.2) is 9.84 Å². The van der Waals surface area contributed by atoms with Crippen LogP contribution in [0.5, 0.6) is 0 Å². The molecule has 6 nitrogen and oxygen atoms in total. The van der Waals surface area contributed by atoms with Crippen molar-refractivity contribution in [3.8, 4) is 0 Å². The molecule has 2 aromatic heterocycles. The molecular weight excluding hydrogens is 354 g/mol. The highest BCUT2D eigenvalue weighted by molar-refractivity contribution is 8.00. The number of sulfone groups is 1. The third-order valence-electron chi connectivity index (χ3n) is 3.87. The average molecular weight is 372 g/mol. The molecule has 0 aromatic carbocycles. The van der Waals surface area contributed by atoms with Crippen LogP contribution in [0.3, 0.4) is 0 Å². The number of hydrogen-bond acceptors (Lipinski definition) is 7. The monoisotopic (exact) mass is 371 g/mol. The zero-order chi connectivity index (χ0) is 16.6. The number of hydrogen-bond donors (Lipinski definition) is 1. The predicted molar refractivity (Wildman–Crippen MR) is 92.8 cm³/mol. The van der Waals surface area contributed by atoms with Gasteiger partial charge in [-0.1, -0.05) is 11.8 Å². The maximum atomic E-state index is 12.0. The number of rotatable bonds is 4. The van der Waals surface area contributed by atoms with Crippen molar-refractivity contribution in [2.75, 3.05) is 17.3 Å². The van der Waals surface area contributed by atoms with Crippen LogP contribution < -0.4 is 5.32 Å². The lowest BCUT2D eigenvalue weighted by atomic mass is 10.2. The largest absolute Gasteiger partial charge is 0.352 e. The molecule has 0 aliphatic carbocycles. The molecule has 1 fully saturated rings. The summed E-state index contributed by atoms with van der Waals surface area (Å²) >= 11 is 2.98. The number of nitrogens with one attached hydrogen (secondary N) is 1. The van der Waals surface area contributed by atoms with Crippen LogP contribution >= 0.6 is 23.1 Å². The highest BCUT2D eigenvalue weighted by Gasteiger charge is 2.28. The molecule has 0 spiro atoms. The second kappa shape index (κ2) is 6.37. The maximum Gasteiger partial charge on any atom is 0.230 e. The fourth-order valence-corrected chi connectivity index (χ4v) is 6.17. The van der Waals surface area contributed by atoms with E-state index in [1.807, 2.05) is 13.8 Å². The van der Waals surface area contributed by atoms with Crippen molar-refractivity contribution in [2.45, 2.75) is 31.3 Å².